The first-order chi connectivity index (χ1) is 4.79. The predicted molar refractivity (Wildman–Crippen MR) is 47.1 cm³/mol. The maximum absolute atomic E-state index is 5.11. The smallest absolute Gasteiger partial charge is 0.168 e. The molecule has 1 aliphatic rings. The van der Waals surface area contributed by atoms with Crippen LogP contribution < -0.4 is 5.32 Å². The molecule has 0 saturated heterocycles. The maximum atomic E-state index is 5.11. The van der Waals surface area contributed by atoms with Crippen molar-refractivity contribution >= 4 is 17.3 Å². The van der Waals surface area contributed by atoms with E-state index < -0.39 is 0 Å². The van der Waals surface area contributed by atoms with Crippen molar-refractivity contribution in [1.82, 2.24) is 10.2 Å². The number of thiocarbonyl (C=S) groups is 1. The molecule has 58 valence electrons. The molecule has 0 aromatic carbocycles. The molecule has 0 aliphatic heterocycles. The lowest BCUT2D eigenvalue weighted by Crippen LogP contribution is -2.39. The predicted octanol–water partition coefficient (Wildman–Crippen LogP) is 0.975. The summed E-state index contributed by atoms with van der Waals surface area (Å²) in [5.41, 5.74) is 0. The number of rotatable bonds is 2. The zero-order chi connectivity index (χ0) is 7.56. The van der Waals surface area contributed by atoms with E-state index in [9.17, 15) is 0 Å². The second kappa shape index (κ2) is 3.19. The molecule has 0 spiro atoms. The van der Waals surface area contributed by atoms with E-state index in [1.807, 2.05) is 7.05 Å². The summed E-state index contributed by atoms with van der Waals surface area (Å²) in [6.45, 7) is 3.17. The van der Waals surface area contributed by atoms with Crippen LogP contribution in [0.2, 0.25) is 0 Å². The van der Waals surface area contributed by atoms with E-state index in [4.69, 9.17) is 12.2 Å². The Labute approximate surface area is 67.6 Å². The van der Waals surface area contributed by atoms with Crippen molar-refractivity contribution in [2.45, 2.75) is 25.8 Å². The molecule has 0 aromatic heterocycles. The highest BCUT2D eigenvalue weighted by Gasteiger charge is 2.28. The van der Waals surface area contributed by atoms with E-state index in [2.05, 4.69) is 17.1 Å². The summed E-state index contributed by atoms with van der Waals surface area (Å²) in [7, 11) is 1.88. The Morgan fingerprint density at radius 3 is 2.60 bits per heavy atom. The van der Waals surface area contributed by atoms with Gasteiger partial charge in [0.15, 0.2) is 5.11 Å². The Kier molecular flexibility index (Phi) is 2.49. The first kappa shape index (κ1) is 7.79. The molecule has 0 aromatic rings. The van der Waals surface area contributed by atoms with Gasteiger partial charge in [-0.25, -0.2) is 0 Å². The molecule has 10 heavy (non-hydrogen) atoms. The molecule has 1 aliphatic carbocycles. The van der Waals surface area contributed by atoms with Crippen LogP contribution in [0.15, 0.2) is 0 Å². The van der Waals surface area contributed by atoms with Crippen LogP contribution in [0.5, 0.6) is 0 Å². The molecular formula is C7H14N2S. The van der Waals surface area contributed by atoms with Crippen molar-refractivity contribution in [3.05, 3.63) is 0 Å². The fourth-order valence-electron chi connectivity index (χ4n) is 1.10. The quantitative estimate of drug-likeness (QED) is 0.603. The summed E-state index contributed by atoms with van der Waals surface area (Å²) in [5, 5.41) is 3.89. The SMILES string of the molecule is CCN(C(=S)NC)C1CC1. The van der Waals surface area contributed by atoms with E-state index in [1.165, 1.54) is 12.8 Å². The number of hydrogen-bond donors (Lipinski definition) is 1. The summed E-state index contributed by atoms with van der Waals surface area (Å²) in [4.78, 5) is 2.25. The highest BCUT2D eigenvalue weighted by atomic mass is 32.1. The molecule has 1 fully saturated rings. The Bertz CT molecular complexity index is 132. The minimum Gasteiger partial charge on any atom is -0.366 e. The van der Waals surface area contributed by atoms with Gasteiger partial charge in [-0.15, -0.1) is 0 Å². The van der Waals surface area contributed by atoms with E-state index in [0.29, 0.717) is 0 Å². The summed E-state index contributed by atoms with van der Waals surface area (Å²) in [6, 6.07) is 0.741. The number of nitrogens with zero attached hydrogens (tertiary/aromatic N) is 1. The zero-order valence-electron chi connectivity index (χ0n) is 6.55. The average Bonchev–Trinajstić information content (AvgIpc) is 2.73. The van der Waals surface area contributed by atoms with Crippen LogP contribution in [0.25, 0.3) is 0 Å². The minimum absolute atomic E-state index is 0.741. The summed E-state index contributed by atoms with van der Waals surface area (Å²) in [6.07, 6.45) is 2.63. The topological polar surface area (TPSA) is 15.3 Å². The Hall–Kier alpha value is -0.310. The average molecular weight is 158 g/mol. The van der Waals surface area contributed by atoms with Crippen molar-refractivity contribution in [1.29, 1.82) is 0 Å². The van der Waals surface area contributed by atoms with Gasteiger partial charge in [0.05, 0.1) is 0 Å². The number of nitrogens with one attached hydrogen (secondary N) is 1. The van der Waals surface area contributed by atoms with Gasteiger partial charge in [0.25, 0.3) is 0 Å². The van der Waals surface area contributed by atoms with Crippen LogP contribution >= 0.6 is 12.2 Å². The molecule has 0 bridgehead atoms. The minimum atomic E-state index is 0.741. The summed E-state index contributed by atoms with van der Waals surface area (Å²) >= 11 is 5.11. The van der Waals surface area contributed by atoms with Crippen LogP contribution in [-0.4, -0.2) is 29.6 Å². The monoisotopic (exact) mass is 158 g/mol. The molecule has 3 heteroatoms. The Morgan fingerprint density at radius 1 is 1.70 bits per heavy atom. The normalized spacial score (nSPS) is 16.6. The van der Waals surface area contributed by atoms with Crippen LogP contribution in [0.3, 0.4) is 0 Å². The lowest BCUT2D eigenvalue weighted by molar-refractivity contribution is 0.427. The second-order valence-electron chi connectivity index (χ2n) is 2.57. The standard InChI is InChI=1S/C7H14N2S/c1-3-9(6-4-5-6)7(10)8-2/h6H,3-5H2,1-2H3,(H,8,10). The Balaban J connectivity index is 2.38. The van der Waals surface area contributed by atoms with E-state index in [1.54, 1.807) is 0 Å². The highest BCUT2D eigenvalue weighted by molar-refractivity contribution is 7.80. The largest absolute Gasteiger partial charge is 0.366 e. The molecule has 0 amide bonds. The van der Waals surface area contributed by atoms with Gasteiger partial charge < -0.3 is 10.2 Å². The first-order valence-corrected chi connectivity index (χ1v) is 4.18. The van der Waals surface area contributed by atoms with Crippen molar-refractivity contribution in [2.24, 2.45) is 0 Å². The molecule has 0 heterocycles. The van der Waals surface area contributed by atoms with Crippen molar-refractivity contribution in [3.8, 4) is 0 Å². The molecule has 2 nitrogen and oxygen atoms in total. The fraction of sp³-hybridized carbons (Fsp3) is 0.857. The van der Waals surface area contributed by atoms with Gasteiger partial charge in [0.2, 0.25) is 0 Å². The van der Waals surface area contributed by atoms with Crippen molar-refractivity contribution in [3.63, 3.8) is 0 Å². The fourth-order valence-corrected chi connectivity index (χ4v) is 1.38. The third-order valence-electron chi connectivity index (χ3n) is 1.80. The first-order valence-electron chi connectivity index (χ1n) is 3.78. The molecular weight excluding hydrogens is 144 g/mol. The van der Waals surface area contributed by atoms with E-state index in [-0.39, 0.29) is 0 Å². The maximum Gasteiger partial charge on any atom is 0.168 e. The molecule has 0 radical (unpaired) electrons. The van der Waals surface area contributed by atoms with Crippen LogP contribution in [0, 0.1) is 0 Å². The lowest BCUT2D eigenvalue weighted by Gasteiger charge is -2.22. The molecule has 1 N–H and O–H groups in total. The van der Waals surface area contributed by atoms with Gasteiger partial charge in [-0.05, 0) is 32.0 Å². The van der Waals surface area contributed by atoms with Gasteiger partial charge in [0, 0.05) is 19.6 Å². The van der Waals surface area contributed by atoms with Crippen LogP contribution in [-0.2, 0) is 0 Å². The zero-order valence-corrected chi connectivity index (χ0v) is 7.37. The van der Waals surface area contributed by atoms with E-state index >= 15 is 0 Å². The second-order valence-corrected chi connectivity index (χ2v) is 2.96. The number of hydrogen-bond acceptors (Lipinski definition) is 1. The third kappa shape index (κ3) is 1.59. The van der Waals surface area contributed by atoms with Gasteiger partial charge in [-0.3, -0.25) is 0 Å². The van der Waals surface area contributed by atoms with Gasteiger partial charge >= 0.3 is 0 Å². The van der Waals surface area contributed by atoms with E-state index in [0.717, 1.165) is 17.7 Å². The molecule has 1 saturated carbocycles. The summed E-state index contributed by atoms with van der Waals surface area (Å²) in [5.74, 6) is 0. The van der Waals surface area contributed by atoms with Crippen molar-refractivity contribution in [2.75, 3.05) is 13.6 Å². The molecule has 1 rings (SSSR count). The van der Waals surface area contributed by atoms with Crippen LogP contribution in [0.1, 0.15) is 19.8 Å². The van der Waals surface area contributed by atoms with Crippen molar-refractivity contribution < 1.29 is 0 Å². The molecule has 0 atom stereocenters. The van der Waals surface area contributed by atoms with Crippen LogP contribution in [0.4, 0.5) is 0 Å². The Morgan fingerprint density at radius 2 is 2.30 bits per heavy atom. The highest BCUT2D eigenvalue weighted by Crippen LogP contribution is 2.26. The molecule has 0 unspecified atom stereocenters. The van der Waals surface area contributed by atoms with Gasteiger partial charge in [0.1, 0.15) is 0 Å². The third-order valence-corrected chi connectivity index (χ3v) is 2.24. The van der Waals surface area contributed by atoms with Gasteiger partial charge in [-0.2, -0.15) is 0 Å². The lowest BCUT2D eigenvalue weighted by atomic mass is 10.5. The van der Waals surface area contributed by atoms with Gasteiger partial charge in [-0.1, -0.05) is 0 Å². The summed E-state index contributed by atoms with van der Waals surface area (Å²) < 4.78 is 0.